The Kier molecular flexibility index (Phi) is 7.96. The Morgan fingerprint density at radius 2 is 1.95 bits per heavy atom. The second kappa shape index (κ2) is 11.6. The van der Waals surface area contributed by atoms with Crippen molar-refractivity contribution in [3.8, 4) is 28.7 Å². The van der Waals surface area contributed by atoms with Crippen molar-refractivity contribution in [2.45, 2.75) is 44.8 Å². The molecule has 0 saturated carbocycles. The van der Waals surface area contributed by atoms with Gasteiger partial charge in [0.05, 0.1) is 11.4 Å². The molecule has 0 bridgehead atoms. The van der Waals surface area contributed by atoms with E-state index in [1.807, 2.05) is 61.8 Å². The van der Waals surface area contributed by atoms with E-state index in [4.69, 9.17) is 10.5 Å². The summed E-state index contributed by atoms with van der Waals surface area (Å²) in [6.07, 6.45) is 6.48. The van der Waals surface area contributed by atoms with Gasteiger partial charge in [-0.05, 0) is 71.1 Å². The van der Waals surface area contributed by atoms with E-state index in [2.05, 4.69) is 16.0 Å². The number of halogens is 1. The van der Waals surface area contributed by atoms with Gasteiger partial charge in [0.2, 0.25) is 0 Å². The van der Waals surface area contributed by atoms with E-state index in [1.165, 1.54) is 12.4 Å². The van der Waals surface area contributed by atoms with Crippen LogP contribution in [-0.4, -0.2) is 62.5 Å². The van der Waals surface area contributed by atoms with Crippen molar-refractivity contribution in [1.29, 1.82) is 5.26 Å². The van der Waals surface area contributed by atoms with E-state index in [9.17, 15) is 10.1 Å². The molecule has 5 rings (SSSR count). The molecule has 216 valence electrons. The lowest BCUT2D eigenvalue weighted by Gasteiger charge is -2.30. The minimum Gasteiger partial charge on any atom is -0.457 e. The van der Waals surface area contributed by atoms with E-state index in [1.54, 1.807) is 35.2 Å². The Morgan fingerprint density at radius 1 is 1.19 bits per heavy atom. The zero-order chi connectivity index (χ0) is 30.0. The lowest BCUT2D eigenvalue weighted by atomic mass is 9.99. The second-order valence-corrected chi connectivity index (χ2v) is 11.2. The molecule has 10 heteroatoms. The van der Waals surface area contributed by atoms with Gasteiger partial charge in [-0.3, -0.25) is 4.79 Å². The molecule has 1 amide bonds. The minimum atomic E-state index is -0.476. The number of hydrogen-bond donors (Lipinski definition) is 1. The Labute approximate surface area is 244 Å². The number of nitrogens with zero attached hydrogens (tertiary/aromatic N) is 6. The molecule has 1 atom stereocenters. The van der Waals surface area contributed by atoms with Gasteiger partial charge in [-0.25, -0.2) is 14.4 Å². The standard InChI is InChI=1S/C32H34FN7O2/c1-32(2,38(3)4)16-21(17-34)31(41)40-14-8-9-22(40)18-39-19-26(28-29(35)36-20-37-30(28)39)25-13-12-24(15-27(25)33)42-23-10-6-5-7-11-23/h5-7,10-13,15-16,19-20,22H,8-9,14,18H2,1-4H3,(H2,35,36,37)/t22-/m0/s1. The molecular weight excluding hydrogens is 533 g/mol. The average Bonchev–Trinajstić information content (AvgIpc) is 3.58. The summed E-state index contributed by atoms with van der Waals surface area (Å²) in [4.78, 5) is 25.9. The van der Waals surface area contributed by atoms with Crippen LogP contribution in [0.4, 0.5) is 10.2 Å². The molecule has 0 unspecified atom stereocenters. The number of hydrogen-bond acceptors (Lipinski definition) is 7. The first kappa shape index (κ1) is 28.8. The highest BCUT2D eigenvalue weighted by atomic mass is 19.1. The molecule has 1 aliphatic heterocycles. The van der Waals surface area contributed by atoms with E-state index >= 15 is 4.39 Å². The van der Waals surface area contributed by atoms with Crippen molar-refractivity contribution in [1.82, 2.24) is 24.3 Å². The molecule has 1 saturated heterocycles. The predicted molar refractivity (Wildman–Crippen MR) is 160 cm³/mol. The van der Waals surface area contributed by atoms with Gasteiger partial charge in [0.15, 0.2) is 0 Å². The molecule has 42 heavy (non-hydrogen) atoms. The number of carbonyl (C=O) groups excluding carboxylic acids is 1. The molecule has 1 aliphatic rings. The Hall–Kier alpha value is -4.75. The number of likely N-dealkylation sites (tertiary alicyclic amines) is 1. The van der Waals surface area contributed by atoms with E-state index in [-0.39, 0.29) is 23.3 Å². The molecule has 0 aliphatic carbocycles. The third kappa shape index (κ3) is 5.69. The fourth-order valence-electron chi connectivity index (χ4n) is 5.19. The van der Waals surface area contributed by atoms with E-state index in [0.29, 0.717) is 46.7 Å². The number of nitrogen functional groups attached to an aromatic ring is 1. The van der Waals surface area contributed by atoms with Crippen LogP contribution in [0, 0.1) is 17.1 Å². The van der Waals surface area contributed by atoms with Crippen molar-refractivity contribution < 1.29 is 13.9 Å². The number of fused-ring (bicyclic) bond motifs is 1. The van der Waals surface area contributed by atoms with Gasteiger partial charge < -0.3 is 24.8 Å². The number of carbonyl (C=O) groups is 1. The summed E-state index contributed by atoms with van der Waals surface area (Å²) in [7, 11) is 3.81. The molecule has 0 radical (unpaired) electrons. The molecule has 4 aromatic rings. The van der Waals surface area contributed by atoms with E-state index in [0.717, 1.165) is 12.8 Å². The zero-order valence-corrected chi connectivity index (χ0v) is 24.2. The first-order valence-corrected chi connectivity index (χ1v) is 13.8. The number of anilines is 1. The van der Waals surface area contributed by atoms with Gasteiger partial charge in [-0.2, -0.15) is 5.26 Å². The third-order valence-corrected chi connectivity index (χ3v) is 7.94. The largest absolute Gasteiger partial charge is 0.457 e. The minimum absolute atomic E-state index is 0.116. The maximum atomic E-state index is 15.5. The fraction of sp³-hybridized carbons (Fsp3) is 0.312. The molecule has 9 nitrogen and oxygen atoms in total. The Morgan fingerprint density at radius 3 is 2.64 bits per heavy atom. The van der Waals surface area contributed by atoms with E-state index < -0.39 is 11.4 Å². The van der Waals surface area contributed by atoms with Crippen LogP contribution in [0.5, 0.6) is 11.5 Å². The van der Waals surface area contributed by atoms with Gasteiger partial charge in [0.25, 0.3) is 5.91 Å². The SMILES string of the molecule is CN(C)C(C)(C)C=C(C#N)C(=O)N1CCC[C@H]1Cn1cc(-c2ccc(Oc3ccccc3)cc2F)c2c(N)ncnc21. The highest BCUT2D eigenvalue weighted by Gasteiger charge is 2.33. The maximum absolute atomic E-state index is 15.5. The quantitative estimate of drug-likeness (QED) is 0.224. The second-order valence-electron chi connectivity index (χ2n) is 11.2. The van der Waals surface area contributed by atoms with Crippen LogP contribution in [-0.2, 0) is 11.3 Å². The van der Waals surface area contributed by atoms with Crippen LogP contribution in [0.2, 0.25) is 0 Å². The Balaban J connectivity index is 1.46. The molecule has 2 aromatic heterocycles. The van der Waals surface area contributed by atoms with Crippen LogP contribution in [0.25, 0.3) is 22.2 Å². The first-order valence-electron chi connectivity index (χ1n) is 13.8. The first-order chi connectivity index (χ1) is 20.1. The lowest BCUT2D eigenvalue weighted by molar-refractivity contribution is -0.127. The number of likely N-dealkylation sites (N-methyl/N-ethyl adjacent to an activating group) is 1. The summed E-state index contributed by atoms with van der Waals surface area (Å²) in [5.74, 6) is 0.442. The highest BCUT2D eigenvalue weighted by molar-refractivity contribution is 6.01. The molecule has 2 aromatic carbocycles. The predicted octanol–water partition coefficient (Wildman–Crippen LogP) is 5.39. The number of nitrogens with two attached hydrogens (primary N) is 1. The van der Waals surface area contributed by atoms with Crippen molar-refractivity contribution in [2.24, 2.45) is 0 Å². The number of rotatable bonds is 8. The van der Waals surface area contributed by atoms with Gasteiger partial charge in [0.1, 0.15) is 46.8 Å². The van der Waals surface area contributed by atoms with Gasteiger partial charge >= 0.3 is 0 Å². The summed E-state index contributed by atoms with van der Waals surface area (Å²) in [5.41, 5.74) is 7.37. The van der Waals surface area contributed by atoms with Gasteiger partial charge in [-0.1, -0.05) is 18.2 Å². The number of nitriles is 1. The normalized spacial score (nSPS) is 15.8. The van der Waals surface area contributed by atoms with Gasteiger partial charge in [-0.15, -0.1) is 0 Å². The molecule has 0 spiro atoms. The monoisotopic (exact) mass is 567 g/mol. The van der Waals surface area contributed by atoms with Crippen LogP contribution in [0.15, 0.2) is 72.7 Å². The fourth-order valence-corrected chi connectivity index (χ4v) is 5.19. The molecular formula is C32H34FN7O2. The summed E-state index contributed by atoms with van der Waals surface area (Å²) >= 11 is 0. The van der Waals surface area contributed by atoms with Crippen molar-refractivity contribution in [3.63, 3.8) is 0 Å². The smallest absolute Gasteiger partial charge is 0.264 e. The zero-order valence-electron chi connectivity index (χ0n) is 24.2. The summed E-state index contributed by atoms with van der Waals surface area (Å²) in [5, 5.41) is 10.4. The lowest BCUT2D eigenvalue weighted by Crippen LogP contribution is -2.41. The molecule has 3 heterocycles. The topological polar surface area (TPSA) is 113 Å². The van der Waals surface area contributed by atoms with Crippen LogP contribution >= 0.6 is 0 Å². The summed E-state index contributed by atoms with van der Waals surface area (Å²) in [6, 6.07) is 15.8. The number of ether oxygens (including phenoxy) is 1. The van der Waals surface area contributed by atoms with Crippen LogP contribution in [0.1, 0.15) is 26.7 Å². The number of benzene rings is 2. The summed E-state index contributed by atoms with van der Waals surface area (Å²) in [6.45, 7) is 4.86. The maximum Gasteiger partial charge on any atom is 0.264 e. The number of para-hydroxylation sites is 1. The molecule has 2 N–H and O–H groups in total. The van der Waals surface area contributed by atoms with Crippen molar-refractivity contribution in [3.05, 3.63) is 78.5 Å². The highest BCUT2D eigenvalue weighted by Crippen LogP contribution is 2.37. The van der Waals surface area contributed by atoms with Crippen LogP contribution in [0.3, 0.4) is 0 Å². The number of amides is 1. The summed E-state index contributed by atoms with van der Waals surface area (Å²) < 4.78 is 23.2. The third-order valence-electron chi connectivity index (χ3n) is 7.94. The van der Waals surface area contributed by atoms with Gasteiger partial charge in [0, 0.05) is 42.0 Å². The number of aromatic nitrogens is 3. The van der Waals surface area contributed by atoms with Crippen molar-refractivity contribution in [2.75, 3.05) is 26.4 Å². The Bertz CT molecular complexity index is 1690. The average molecular weight is 568 g/mol. The molecule has 1 fully saturated rings. The van der Waals surface area contributed by atoms with Crippen molar-refractivity contribution >= 4 is 22.8 Å². The van der Waals surface area contributed by atoms with Crippen LogP contribution < -0.4 is 10.5 Å².